The minimum atomic E-state index is -1.60. The standard InChI is InChI=1S/C15H19NO9/c17-4-7-10(18)11(19)12(20)15(25-7)24-6-3-1-2-5-8(14(22)23)13(21)16-9(5)6/h1-3,5,7-12,15,17-20H,4H2,(H,16,21)(H,22,23)/t5-,7+,8-,9+,10+,11-,12+,15+/m0/s1. The van der Waals surface area contributed by atoms with Gasteiger partial charge in [0.2, 0.25) is 12.2 Å². The van der Waals surface area contributed by atoms with Gasteiger partial charge < -0.3 is 40.3 Å². The maximum absolute atomic E-state index is 11.9. The van der Waals surface area contributed by atoms with Crippen LogP contribution in [0, 0.1) is 11.8 Å². The Morgan fingerprint density at radius 3 is 2.60 bits per heavy atom. The summed E-state index contributed by atoms with van der Waals surface area (Å²) in [7, 11) is 0. The first kappa shape index (κ1) is 17.8. The average molecular weight is 357 g/mol. The predicted octanol–water partition coefficient (Wildman–Crippen LogP) is -2.93. The number of carbonyl (C=O) groups excluding carboxylic acids is 1. The number of aliphatic hydroxyl groups excluding tert-OH is 4. The van der Waals surface area contributed by atoms with Gasteiger partial charge >= 0.3 is 5.97 Å². The summed E-state index contributed by atoms with van der Waals surface area (Å²) >= 11 is 0. The van der Waals surface area contributed by atoms with Crippen molar-refractivity contribution in [2.45, 2.75) is 36.7 Å². The molecule has 0 radical (unpaired) electrons. The van der Waals surface area contributed by atoms with Crippen LogP contribution in [0.3, 0.4) is 0 Å². The van der Waals surface area contributed by atoms with Crippen molar-refractivity contribution in [1.82, 2.24) is 5.32 Å². The zero-order chi connectivity index (χ0) is 18.3. The molecule has 0 aromatic rings. The monoisotopic (exact) mass is 357 g/mol. The largest absolute Gasteiger partial charge is 0.481 e. The molecule has 0 aromatic heterocycles. The molecule has 2 saturated heterocycles. The lowest BCUT2D eigenvalue weighted by Crippen LogP contribution is -2.59. The van der Waals surface area contributed by atoms with Crippen molar-refractivity contribution in [3.05, 3.63) is 24.0 Å². The minimum absolute atomic E-state index is 0.147. The fraction of sp³-hybridized carbons (Fsp3) is 0.600. The fourth-order valence-corrected chi connectivity index (χ4v) is 3.26. The summed E-state index contributed by atoms with van der Waals surface area (Å²) in [6.07, 6.45) is -2.69. The molecule has 3 aliphatic rings. The molecule has 0 bridgehead atoms. The van der Waals surface area contributed by atoms with E-state index in [1.165, 1.54) is 12.2 Å². The number of fused-ring (bicyclic) bond motifs is 1. The van der Waals surface area contributed by atoms with Crippen LogP contribution in [0.5, 0.6) is 0 Å². The predicted molar refractivity (Wildman–Crippen MR) is 78.6 cm³/mol. The quantitative estimate of drug-likeness (QED) is 0.289. The molecule has 1 amide bonds. The lowest BCUT2D eigenvalue weighted by Gasteiger charge is -2.40. The summed E-state index contributed by atoms with van der Waals surface area (Å²) in [6.45, 7) is -0.604. The highest BCUT2D eigenvalue weighted by molar-refractivity contribution is 6.00. The Bertz CT molecular complexity index is 616. The highest BCUT2D eigenvalue weighted by Crippen LogP contribution is 2.34. The number of aliphatic carboxylic acids is 1. The zero-order valence-electron chi connectivity index (χ0n) is 12.9. The molecule has 138 valence electrons. The first-order valence-electron chi connectivity index (χ1n) is 7.74. The van der Waals surface area contributed by atoms with E-state index in [4.69, 9.17) is 9.47 Å². The number of carbonyl (C=O) groups is 2. The van der Waals surface area contributed by atoms with E-state index in [-0.39, 0.29) is 5.76 Å². The molecule has 0 aromatic carbocycles. The smallest absolute Gasteiger partial charge is 0.316 e. The third-order valence-electron chi connectivity index (χ3n) is 4.62. The van der Waals surface area contributed by atoms with E-state index in [0.29, 0.717) is 0 Å². The van der Waals surface area contributed by atoms with E-state index in [0.717, 1.165) is 0 Å². The third kappa shape index (κ3) is 3.02. The number of carboxylic acids is 1. The fourth-order valence-electron chi connectivity index (χ4n) is 3.26. The third-order valence-corrected chi connectivity index (χ3v) is 4.62. The maximum atomic E-state index is 11.9. The topological polar surface area (TPSA) is 166 Å². The summed E-state index contributed by atoms with van der Waals surface area (Å²) in [6, 6.07) is -0.758. The van der Waals surface area contributed by atoms with Gasteiger partial charge in [-0.2, -0.15) is 0 Å². The lowest BCUT2D eigenvalue weighted by molar-refractivity contribution is -0.292. The van der Waals surface area contributed by atoms with E-state index >= 15 is 0 Å². The molecule has 6 N–H and O–H groups in total. The van der Waals surface area contributed by atoms with Gasteiger partial charge in [0.15, 0.2) is 0 Å². The molecule has 2 heterocycles. The summed E-state index contributed by atoms with van der Waals surface area (Å²) < 4.78 is 10.8. The van der Waals surface area contributed by atoms with Crippen LogP contribution in [0.1, 0.15) is 0 Å². The van der Waals surface area contributed by atoms with Gasteiger partial charge in [-0.05, 0) is 6.08 Å². The second-order valence-electron chi connectivity index (χ2n) is 6.15. The molecule has 25 heavy (non-hydrogen) atoms. The van der Waals surface area contributed by atoms with Crippen LogP contribution in [0.15, 0.2) is 24.0 Å². The molecule has 3 rings (SSSR count). The van der Waals surface area contributed by atoms with E-state index in [2.05, 4.69) is 5.32 Å². The van der Waals surface area contributed by atoms with Crippen LogP contribution < -0.4 is 5.32 Å². The second kappa shape index (κ2) is 6.73. The number of nitrogens with one attached hydrogen (secondary N) is 1. The van der Waals surface area contributed by atoms with E-state index in [1.807, 2.05) is 0 Å². The van der Waals surface area contributed by atoms with Crippen molar-refractivity contribution in [2.75, 3.05) is 6.61 Å². The van der Waals surface area contributed by atoms with Gasteiger partial charge in [-0.15, -0.1) is 0 Å². The zero-order valence-corrected chi connectivity index (χ0v) is 12.9. The van der Waals surface area contributed by atoms with E-state index < -0.39 is 67.1 Å². The molecular weight excluding hydrogens is 338 g/mol. The van der Waals surface area contributed by atoms with Gasteiger partial charge in [-0.1, -0.05) is 12.2 Å². The maximum Gasteiger partial charge on any atom is 0.316 e. The molecular formula is C15H19NO9. The molecule has 2 aliphatic heterocycles. The number of hydrogen-bond donors (Lipinski definition) is 6. The van der Waals surface area contributed by atoms with Crippen LogP contribution in [0.25, 0.3) is 0 Å². The van der Waals surface area contributed by atoms with Crippen LogP contribution in [-0.4, -0.2) is 80.8 Å². The van der Waals surface area contributed by atoms with Gasteiger partial charge in [0.25, 0.3) is 0 Å². The van der Waals surface area contributed by atoms with Crippen molar-refractivity contribution in [1.29, 1.82) is 0 Å². The highest BCUT2D eigenvalue weighted by atomic mass is 16.7. The van der Waals surface area contributed by atoms with Crippen molar-refractivity contribution >= 4 is 11.9 Å². The van der Waals surface area contributed by atoms with Gasteiger partial charge in [-0.25, -0.2) is 0 Å². The molecule has 0 spiro atoms. The summed E-state index contributed by atoms with van der Waals surface area (Å²) in [5, 5.41) is 50.5. The van der Waals surface area contributed by atoms with Gasteiger partial charge in [-0.3, -0.25) is 9.59 Å². The van der Waals surface area contributed by atoms with Gasteiger partial charge in [0, 0.05) is 5.92 Å². The van der Waals surface area contributed by atoms with Gasteiger partial charge in [0.1, 0.15) is 36.1 Å². The summed E-state index contributed by atoms with van der Waals surface area (Å²) in [5.74, 6) is -3.70. The van der Waals surface area contributed by atoms with Crippen LogP contribution in [0.2, 0.25) is 0 Å². The lowest BCUT2D eigenvalue weighted by atomic mass is 9.86. The minimum Gasteiger partial charge on any atom is -0.481 e. The van der Waals surface area contributed by atoms with Crippen molar-refractivity contribution < 1.29 is 44.6 Å². The number of rotatable bonds is 4. The molecule has 10 nitrogen and oxygen atoms in total. The van der Waals surface area contributed by atoms with Crippen LogP contribution >= 0.6 is 0 Å². The Hall–Kier alpha value is -1.98. The number of allylic oxidation sites excluding steroid dienone is 2. The van der Waals surface area contributed by atoms with Crippen LogP contribution in [0.4, 0.5) is 0 Å². The Labute approximate surface area is 142 Å². The first-order chi connectivity index (χ1) is 11.8. The Balaban J connectivity index is 1.77. The van der Waals surface area contributed by atoms with Gasteiger partial charge in [0.05, 0.1) is 12.6 Å². The summed E-state index contributed by atoms with van der Waals surface area (Å²) in [5.41, 5.74) is 0. The van der Waals surface area contributed by atoms with E-state index in [1.54, 1.807) is 6.08 Å². The number of aliphatic hydroxyl groups is 4. The number of carboxylic acid groups (broad SMARTS) is 1. The summed E-state index contributed by atoms with van der Waals surface area (Å²) in [4.78, 5) is 23.2. The molecule has 8 atom stereocenters. The molecule has 10 heteroatoms. The van der Waals surface area contributed by atoms with Crippen LogP contribution in [-0.2, 0) is 19.1 Å². The number of ether oxygens (including phenoxy) is 2. The normalized spacial score (nSPS) is 43.2. The van der Waals surface area contributed by atoms with Crippen molar-refractivity contribution in [2.24, 2.45) is 11.8 Å². The molecule has 2 fully saturated rings. The number of hydrogen-bond acceptors (Lipinski definition) is 8. The van der Waals surface area contributed by atoms with Crippen molar-refractivity contribution in [3.8, 4) is 0 Å². The Morgan fingerprint density at radius 1 is 1.24 bits per heavy atom. The molecule has 1 aliphatic carbocycles. The first-order valence-corrected chi connectivity index (χ1v) is 7.74. The van der Waals surface area contributed by atoms with E-state index in [9.17, 15) is 35.1 Å². The molecule has 0 saturated carbocycles. The Morgan fingerprint density at radius 2 is 1.96 bits per heavy atom. The van der Waals surface area contributed by atoms with Crippen molar-refractivity contribution in [3.63, 3.8) is 0 Å². The highest BCUT2D eigenvalue weighted by Gasteiger charge is 2.50. The Kier molecular flexibility index (Phi) is 4.80. The number of amides is 1. The average Bonchev–Trinajstić information content (AvgIpc) is 2.92. The second-order valence-corrected chi connectivity index (χ2v) is 6.15. The molecule has 0 unspecified atom stereocenters. The SMILES string of the molecule is O=C(O)[C@@H]1C(=O)N[C@H]2C(O[C@@H]3O[C@H](CO)[C@@H](O)[C@H](O)[C@H]3O)=CC=C[C@@H]12.